The first-order chi connectivity index (χ1) is 8.75. The van der Waals surface area contributed by atoms with E-state index in [1.54, 1.807) is 11.3 Å². The summed E-state index contributed by atoms with van der Waals surface area (Å²) in [5.74, 6) is 2.10. The van der Waals surface area contributed by atoms with Crippen molar-refractivity contribution in [2.45, 2.75) is 32.3 Å². The van der Waals surface area contributed by atoms with Crippen LogP contribution in [0.5, 0.6) is 0 Å². The van der Waals surface area contributed by atoms with E-state index in [1.807, 2.05) is 16.8 Å². The van der Waals surface area contributed by atoms with E-state index in [0.29, 0.717) is 17.6 Å². The molecule has 1 aliphatic heterocycles. The Kier molecular flexibility index (Phi) is 3.18. The highest BCUT2D eigenvalue weighted by molar-refractivity contribution is 7.08. The van der Waals surface area contributed by atoms with Crippen molar-refractivity contribution in [1.29, 1.82) is 0 Å². The molecule has 0 spiro atoms. The summed E-state index contributed by atoms with van der Waals surface area (Å²) in [6.07, 6.45) is 1.16. The van der Waals surface area contributed by atoms with Crippen molar-refractivity contribution >= 4 is 11.3 Å². The van der Waals surface area contributed by atoms with Crippen molar-refractivity contribution in [2.24, 2.45) is 5.92 Å². The molecule has 18 heavy (non-hydrogen) atoms. The summed E-state index contributed by atoms with van der Waals surface area (Å²) in [7, 11) is 0. The predicted octanol–water partition coefficient (Wildman–Crippen LogP) is 3.33. The lowest BCUT2D eigenvalue weighted by molar-refractivity contribution is 0.0627. The van der Waals surface area contributed by atoms with Gasteiger partial charge in [-0.15, -0.1) is 0 Å². The topological polar surface area (TPSA) is 48.2 Å². The van der Waals surface area contributed by atoms with E-state index in [4.69, 9.17) is 9.26 Å². The molecule has 0 saturated carbocycles. The van der Waals surface area contributed by atoms with E-state index in [1.165, 1.54) is 0 Å². The standard InChI is InChI=1S/C13H16N2O2S/c1-8(2)11-10(3-5-16-11)13-14-12(15-17-13)9-4-6-18-7-9/h4,6-8,10-11H,3,5H2,1-2H3/t10-,11+/m1/s1. The first-order valence-corrected chi connectivity index (χ1v) is 7.18. The first-order valence-electron chi connectivity index (χ1n) is 6.23. The molecule has 2 aromatic heterocycles. The molecule has 1 fully saturated rings. The van der Waals surface area contributed by atoms with E-state index in [2.05, 4.69) is 24.0 Å². The summed E-state index contributed by atoms with van der Waals surface area (Å²) in [5.41, 5.74) is 1.02. The predicted molar refractivity (Wildman–Crippen MR) is 69.5 cm³/mol. The molecule has 1 saturated heterocycles. The van der Waals surface area contributed by atoms with Crippen molar-refractivity contribution in [3.05, 3.63) is 22.7 Å². The summed E-state index contributed by atoms with van der Waals surface area (Å²) in [5, 5.41) is 8.10. The highest BCUT2D eigenvalue weighted by Gasteiger charge is 2.35. The second-order valence-electron chi connectivity index (χ2n) is 4.94. The molecule has 2 aromatic rings. The molecule has 0 unspecified atom stereocenters. The largest absolute Gasteiger partial charge is 0.377 e. The minimum absolute atomic E-state index is 0.195. The molecule has 0 aliphatic carbocycles. The van der Waals surface area contributed by atoms with E-state index in [-0.39, 0.29) is 12.0 Å². The smallest absolute Gasteiger partial charge is 0.232 e. The van der Waals surface area contributed by atoms with Crippen LogP contribution in [0.3, 0.4) is 0 Å². The lowest BCUT2D eigenvalue weighted by atomic mass is 9.93. The third-order valence-electron chi connectivity index (χ3n) is 3.33. The summed E-state index contributed by atoms with van der Waals surface area (Å²) < 4.78 is 11.2. The molecule has 2 atom stereocenters. The van der Waals surface area contributed by atoms with Crippen LogP contribution in [0.1, 0.15) is 32.1 Å². The van der Waals surface area contributed by atoms with E-state index < -0.39 is 0 Å². The highest BCUT2D eigenvalue weighted by Crippen LogP contribution is 2.35. The van der Waals surface area contributed by atoms with Crippen molar-refractivity contribution in [2.75, 3.05) is 6.61 Å². The zero-order chi connectivity index (χ0) is 12.5. The molecule has 5 heteroatoms. The SMILES string of the molecule is CC(C)[C@@H]1OCC[C@H]1c1nc(-c2ccsc2)no1. The second-order valence-corrected chi connectivity index (χ2v) is 5.72. The molecule has 96 valence electrons. The van der Waals surface area contributed by atoms with Crippen LogP contribution < -0.4 is 0 Å². The van der Waals surface area contributed by atoms with E-state index in [9.17, 15) is 0 Å². The van der Waals surface area contributed by atoms with Gasteiger partial charge in [-0.05, 0) is 23.8 Å². The fraction of sp³-hybridized carbons (Fsp3) is 0.538. The van der Waals surface area contributed by atoms with Crippen LogP contribution >= 0.6 is 11.3 Å². The van der Waals surface area contributed by atoms with Gasteiger partial charge in [0.1, 0.15) is 0 Å². The summed E-state index contributed by atoms with van der Waals surface area (Å²) >= 11 is 1.64. The van der Waals surface area contributed by atoms with Crippen LogP contribution in [0, 0.1) is 5.92 Å². The van der Waals surface area contributed by atoms with Crippen LogP contribution in [0.4, 0.5) is 0 Å². The number of thiophene rings is 1. The van der Waals surface area contributed by atoms with Crippen LogP contribution in [0.2, 0.25) is 0 Å². The van der Waals surface area contributed by atoms with Gasteiger partial charge in [0.15, 0.2) is 0 Å². The van der Waals surface area contributed by atoms with Gasteiger partial charge in [-0.1, -0.05) is 19.0 Å². The normalized spacial score (nSPS) is 23.9. The monoisotopic (exact) mass is 264 g/mol. The van der Waals surface area contributed by atoms with Gasteiger partial charge in [-0.25, -0.2) is 0 Å². The molecule has 4 nitrogen and oxygen atoms in total. The molecular weight excluding hydrogens is 248 g/mol. The van der Waals surface area contributed by atoms with Gasteiger partial charge in [0, 0.05) is 17.6 Å². The van der Waals surface area contributed by atoms with Gasteiger partial charge >= 0.3 is 0 Å². The Hall–Kier alpha value is -1.20. The lowest BCUT2D eigenvalue weighted by Crippen LogP contribution is -2.21. The Morgan fingerprint density at radius 2 is 2.33 bits per heavy atom. The maximum atomic E-state index is 5.76. The van der Waals surface area contributed by atoms with Crippen LogP contribution in [0.15, 0.2) is 21.3 Å². The minimum Gasteiger partial charge on any atom is -0.377 e. The minimum atomic E-state index is 0.195. The number of hydrogen-bond donors (Lipinski definition) is 0. The molecule has 0 bridgehead atoms. The second kappa shape index (κ2) is 4.82. The van der Waals surface area contributed by atoms with Crippen molar-refractivity contribution in [1.82, 2.24) is 10.1 Å². The zero-order valence-electron chi connectivity index (χ0n) is 10.5. The Labute approximate surface area is 110 Å². The summed E-state index contributed by atoms with van der Waals surface area (Å²) in [4.78, 5) is 4.52. The molecular formula is C13H16N2O2S. The number of aromatic nitrogens is 2. The fourth-order valence-electron chi connectivity index (χ4n) is 2.43. The van der Waals surface area contributed by atoms with Crippen molar-refractivity contribution < 1.29 is 9.26 Å². The molecule has 3 heterocycles. The van der Waals surface area contributed by atoms with Gasteiger partial charge in [0.25, 0.3) is 0 Å². The summed E-state index contributed by atoms with van der Waals surface area (Å²) in [6, 6.07) is 2.00. The molecule has 0 amide bonds. The van der Waals surface area contributed by atoms with Crippen LogP contribution in [0.25, 0.3) is 11.4 Å². The number of ether oxygens (including phenoxy) is 1. The van der Waals surface area contributed by atoms with Crippen LogP contribution in [-0.2, 0) is 4.74 Å². The molecule has 1 aliphatic rings. The van der Waals surface area contributed by atoms with Crippen molar-refractivity contribution in [3.63, 3.8) is 0 Å². The first kappa shape index (κ1) is 11.9. The van der Waals surface area contributed by atoms with Gasteiger partial charge in [-0.2, -0.15) is 16.3 Å². The fourth-order valence-corrected chi connectivity index (χ4v) is 3.06. The number of hydrogen-bond acceptors (Lipinski definition) is 5. The average Bonchev–Trinajstić information content (AvgIpc) is 3.10. The van der Waals surface area contributed by atoms with Gasteiger partial charge in [0.05, 0.1) is 12.0 Å². The number of rotatable bonds is 3. The summed E-state index contributed by atoms with van der Waals surface area (Å²) in [6.45, 7) is 5.11. The Morgan fingerprint density at radius 1 is 1.44 bits per heavy atom. The molecule has 0 N–H and O–H groups in total. The van der Waals surface area contributed by atoms with Gasteiger partial charge in [-0.3, -0.25) is 0 Å². The Morgan fingerprint density at radius 3 is 3.06 bits per heavy atom. The van der Waals surface area contributed by atoms with E-state index in [0.717, 1.165) is 18.6 Å². The average molecular weight is 264 g/mol. The Bertz CT molecular complexity index is 507. The van der Waals surface area contributed by atoms with E-state index >= 15 is 0 Å². The third-order valence-corrected chi connectivity index (χ3v) is 4.01. The zero-order valence-corrected chi connectivity index (χ0v) is 11.3. The molecule has 0 radical (unpaired) electrons. The van der Waals surface area contributed by atoms with Gasteiger partial charge < -0.3 is 9.26 Å². The maximum Gasteiger partial charge on any atom is 0.232 e. The highest BCUT2D eigenvalue weighted by atomic mass is 32.1. The Balaban J connectivity index is 1.85. The number of nitrogens with zero attached hydrogens (tertiary/aromatic N) is 2. The molecule has 0 aromatic carbocycles. The quantitative estimate of drug-likeness (QED) is 0.853. The van der Waals surface area contributed by atoms with Crippen LogP contribution in [-0.4, -0.2) is 22.9 Å². The van der Waals surface area contributed by atoms with Gasteiger partial charge in [0.2, 0.25) is 11.7 Å². The third kappa shape index (κ3) is 2.08. The maximum absolute atomic E-state index is 5.76. The lowest BCUT2D eigenvalue weighted by Gasteiger charge is -2.18. The van der Waals surface area contributed by atoms with Crippen molar-refractivity contribution in [3.8, 4) is 11.4 Å². The molecule has 3 rings (SSSR count).